The van der Waals surface area contributed by atoms with Gasteiger partial charge in [0.1, 0.15) is 84.6 Å². The summed E-state index contributed by atoms with van der Waals surface area (Å²) < 4.78 is 0. The van der Waals surface area contributed by atoms with Gasteiger partial charge >= 0.3 is 0 Å². The SMILES string of the molecule is CC(C)C[C@H](NC(=O)[C@H](CCCCN)NC(=O)[C@H](CC(C)C)NC(=O)[C@@H](CC(C)C)NC(=O)[C@@H](CC(C)C)NC(=O)[C@H](CCCCN)NC(=O)[C@@H](CC(C)C)NC(=O)[C@H](CC(C)C)NC(=O)[C@H](CCCCN)NC(=O)[C@@H](CCCCN)NC(=O)[C@H](CC(C)C)NC(=O)[C@@H](N)CC(C)C)C(=O)N[C@H](CC(C)C)C(=O)N[C@@H](CCCCN)C(=O)N[C@@H](CCCCN)C(N)=O. The summed E-state index contributed by atoms with van der Waals surface area (Å²) in [5, 5.41) is 39.5. The van der Waals surface area contributed by atoms with E-state index in [1.54, 1.807) is 0 Å². The third-order valence-electron chi connectivity index (χ3n) is 21.3. The summed E-state index contributed by atoms with van der Waals surface area (Å²) in [7, 11) is 0. The highest BCUT2D eigenvalue weighted by Crippen LogP contribution is 2.20. The molecule has 0 aliphatic rings. The van der Waals surface area contributed by atoms with Crippen LogP contribution in [0.25, 0.3) is 0 Å². The molecule has 0 heterocycles. The van der Waals surface area contributed by atoms with E-state index < -0.39 is 179 Å². The van der Waals surface area contributed by atoms with Gasteiger partial charge in [0.05, 0.1) is 6.04 Å². The third-order valence-corrected chi connectivity index (χ3v) is 21.3. The lowest BCUT2D eigenvalue weighted by atomic mass is 9.97. The number of nitrogens with two attached hydrogens (primary N) is 8. The quantitative estimate of drug-likeness (QED) is 0.0386. The molecule has 0 saturated carbocycles. The third kappa shape index (κ3) is 52.3. The lowest BCUT2D eigenvalue weighted by Crippen LogP contribution is -2.61. The van der Waals surface area contributed by atoms with E-state index in [2.05, 4.69) is 74.4 Å². The average molecular weight is 1800 g/mol. The average Bonchev–Trinajstić information content (AvgIpc) is 0.851. The Kier molecular flexibility index (Phi) is 61.9. The molecule has 0 aromatic carbocycles. The zero-order chi connectivity index (χ0) is 96.8. The van der Waals surface area contributed by atoms with Gasteiger partial charge in [0.15, 0.2) is 0 Å². The Morgan fingerprint density at radius 3 is 0.425 bits per heavy atom. The van der Waals surface area contributed by atoms with E-state index in [1.807, 2.05) is 125 Å². The van der Waals surface area contributed by atoms with Crippen LogP contribution in [0.5, 0.6) is 0 Å². The lowest BCUT2D eigenvalue weighted by Gasteiger charge is -2.30. The first kappa shape index (κ1) is 119. The maximum Gasteiger partial charge on any atom is 0.243 e. The molecule has 0 spiro atoms. The second-order valence-electron chi connectivity index (χ2n) is 38.2. The van der Waals surface area contributed by atoms with Gasteiger partial charge < -0.3 is 120 Å². The van der Waals surface area contributed by atoms with Crippen LogP contribution in [0.3, 0.4) is 0 Å². The maximum absolute atomic E-state index is 14.9. The van der Waals surface area contributed by atoms with E-state index in [9.17, 15) is 71.9 Å². The number of carbonyl (C=O) groups excluding carboxylic acids is 15. The van der Waals surface area contributed by atoms with E-state index in [0.29, 0.717) is 103 Å². The lowest BCUT2D eigenvalue weighted by molar-refractivity contribution is -0.137. The Bertz CT molecular complexity index is 3290. The van der Waals surface area contributed by atoms with Gasteiger partial charge in [-0.3, -0.25) is 71.9 Å². The van der Waals surface area contributed by atoms with Gasteiger partial charge in [-0.15, -0.1) is 0 Å². The number of carbonyl (C=O) groups is 15. The first-order valence-corrected chi connectivity index (χ1v) is 47.2. The molecule has 127 heavy (non-hydrogen) atoms. The number of rotatable bonds is 71. The molecule has 0 unspecified atom stereocenters. The van der Waals surface area contributed by atoms with Gasteiger partial charge in [-0.25, -0.2) is 0 Å². The van der Waals surface area contributed by atoms with Crippen molar-refractivity contribution in [1.29, 1.82) is 0 Å². The van der Waals surface area contributed by atoms with Crippen molar-refractivity contribution < 1.29 is 71.9 Å². The molecular formula is C90H174N22O15. The molecule has 0 radical (unpaired) electrons. The molecule has 0 aromatic rings. The van der Waals surface area contributed by atoms with Crippen LogP contribution in [0.15, 0.2) is 0 Å². The zero-order valence-corrected chi connectivity index (χ0v) is 80.4. The van der Waals surface area contributed by atoms with E-state index >= 15 is 0 Å². The Labute approximate surface area is 758 Å². The molecule has 30 N–H and O–H groups in total. The molecule has 0 rings (SSSR count). The summed E-state index contributed by atoms with van der Waals surface area (Å²) in [6, 6.07) is -18.0. The fraction of sp³-hybridized carbons (Fsp3) is 0.833. The Hall–Kier alpha value is -8.23. The van der Waals surface area contributed by atoms with Crippen molar-refractivity contribution in [3.63, 3.8) is 0 Å². The smallest absolute Gasteiger partial charge is 0.243 e. The number of hydrogen-bond donors (Lipinski definition) is 22. The second-order valence-corrected chi connectivity index (χ2v) is 38.2. The minimum atomic E-state index is -1.31. The molecule has 734 valence electrons. The highest BCUT2D eigenvalue weighted by molar-refractivity contribution is 6.00. The number of hydrogen-bond acceptors (Lipinski definition) is 22. The van der Waals surface area contributed by atoms with Crippen molar-refractivity contribution in [1.82, 2.24) is 74.4 Å². The van der Waals surface area contributed by atoms with Gasteiger partial charge in [0.25, 0.3) is 0 Å². The van der Waals surface area contributed by atoms with Crippen LogP contribution in [0.1, 0.15) is 298 Å². The normalized spacial score (nSPS) is 15.3. The molecule has 37 nitrogen and oxygen atoms in total. The van der Waals surface area contributed by atoms with Crippen LogP contribution in [0.4, 0.5) is 0 Å². The first-order valence-electron chi connectivity index (χ1n) is 47.2. The van der Waals surface area contributed by atoms with Crippen molar-refractivity contribution >= 4 is 88.6 Å². The van der Waals surface area contributed by atoms with Crippen LogP contribution in [-0.2, 0) is 71.9 Å². The Morgan fingerprint density at radius 1 is 0.173 bits per heavy atom. The van der Waals surface area contributed by atoms with Crippen LogP contribution in [0.2, 0.25) is 0 Å². The van der Waals surface area contributed by atoms with Gasteiger partial charge in [0.2, 0.25) is 88.6 Å². The predicted molar refractivity (Wildman–Crippen MR) is 497 cm³/mol. The molecule has 0 bridgehead atoms. The molecule has 0 fully saturated rings. The standard InChI is InChI=1S/C90H174N22O15/c1-52(2)43-61(97)77(114)105-68(44-53(3)4)83(120)102-64(33-21-27-39-93)79(116)100-65(34-22-28-40-94)80(117)106-72(48-57(11)12)87(124)110-70(46-55(7)8)85(122)103-67(36-24-30-42-96)82(119)108-74(50-59(15)16)89(126)112-75(51-60(17)18)90(127)111-71(47-56(9)10)86(123)104-66(35-23-29-41-95)81(118)107-73(49-58(13)14)88(125)109-69(45-54(5)6)84(121)101-63(32-20-26-38-92)78(115)99-62(76(98)113)31-19-25-37-91/h52-75H,19-51,91-97H2,1-18H3,(H2,98,113)(H,99,115)(H,100,116)(H,101,121)(H,102,120)(H,103,122)(H,104,123)(H,105,114)(H,106,117)(H,107,118)(H,108,119)(H,109,125)(H,110,124)(H,111,127)(H,112,126)/t61-,62-,63-,64+,65-,66-,67-,68-,69+,70+,71-,72-,73-,74+,75+/m0/s1. The first-order chi connectivity index (χ1) is 59.7. The molecule has 15 amide bonds. The number of unbranched alkanes of at least 4 members (excludes halogenated alkanes) is 6. The van der Waals surface area contributed by atoms with Gasteiger partial charge in [-0.1, -0.05) is 125 Å². The van der Waals surface area contributed by atoms with Crippen LogP contribution in [-0.4, -0.2) is 219 Å². The summed E-state index contributed by atoms with van der Waals surface area (Å²) in [6.45, 7) is 35.1. The van der Waals surface area contributed by atoms with Crippen molar-refractivity contribution in [3.8, 4) is 0 Å². The number of primary amides is 1. The summed E-state index contributed by atoms with van der Waals surface area (Å²) >= 11 is 0. The highest BCUT2D eigenvalue weighted by Gasteiger charge is 2.40. The highest BCUT2D eigenvalue weighted by atomic mass is 16.2. The van der Waals surface area contributed by atoms with E-state index in [0.717, 1.165) is 0 Å². The van der Waals surface area contributed by atoms with Crippen LogP contribution >= 0.6 is 0 Å². The Balaban J connectivity index is 7.40. The minimum Gasteiger partial charge on any atom is -0.368 e. The van der Waals surface area contributed by atoms with Gasteiger partial charge in [0, 0.05) is 0 Å². The zero-order valence-electron chi connectivity index (χ0n) is 80.4. The summed E-state index contributed by atoms with van der Waals surface area (Å²) in [5.41, 5.74) is 47.0. The van der Waals surface area contributed by atoms with Crippen LogP contribution in [0, 0.1) is 53.3 Å². The monoisotopic (exact) mass is 1800 g/mol. The Morgan fingerprint density at radius 2 is 0.291 bits per heavy atom. The molecule has 15 atom stereocenters. The molecule has 0 aromatic heterocycles. The minimum absolute atomic E-state index is 0.0394. The summed E-state index contributed by atoms with van der Waals surface area (Å²) in [4.78, 5) is 216. The molecular weight excluding hydrogens is 1630 g/mol. The van der Waals surface area contributed by atoms with E-state index in [1.165, 1.54) is 0 Å². The van der Waals surface area contributed by atoms with Gasteiger partial charge in [-0.2, -0.15) is 0 Å². The summed E-state index contributed by atoms with van der Waals surface area (Å²) in [5.74, 6) is -12.0. The van der Waals surface area contributed by atoms with Crippen molar-refractivity contribution in [2.75, 3.05) is 39.3 Å². The molecule has 0 saturated heterocycles. The fourth-order valence-corrected chi connectivity index (χ4v) is 14.6. The molecule has 0 aliphatic heterocycles. The van der Waals surface area contributed by atoms with Crippen molar-refractivity contribution in [3.05, 3.63) is 0 Å². The molecule has 37 heteroatoms. The predicted octanol–water partition coefficient (Wildman–Crippen LogP) is 1.78. The van der Waals surface area contributed by atoms with Crippen molar-refractivity contribution in [2.24, 2.45) is 99.1 Å². The summed E-state index contributed by atoms with van der Waals surface area (Å²) in [6.07, 6.45) is 7.27. The number of nitrogens with one attached hydrogen (secondary N) is 14. The van der Waals surface area contributed by atoms with Crippen LogP contribution < -0.4 is 120 Å². The largest absolute Gasteiger partial charge is 0.368 e. The van der Waals surface area contributed by atoms with E-state index in [4.69, 9.17) is 45.9 Å². The van der Waals surface area contributed by atoms with Gasteiger partial charge in [-0.05, 0) is 266 Å². The maximum atomic E-state index is 14.9. The van der Waals surface area contributed by atoms with E-state index in [-0.39, 0.29) is 163 Å². The molecule has 0 aliphatic carbocycles. The fourth-order valence-electron chi connectivity index (χ4n) is 14.6. The van der Waals surface area contributed by atoms with Crippen molar-refractivity contribution in [2.45, 2.75) is 389 Å². The number of amides is 15. The topological polar surface area (TPSA) is 633 Å². The second kappa shape index (κ2) is 66.2.